The Morgan fingerprint density at radius 3 is 1.65 bits per heavy atom. The minimum atomic E-state index is -0.473. The standard InChI is InChI=1S/C13H24N2O4.C8H16N2O2/c1-5-18-11(16)10-14-6-8-15(9-7-14)12(17)19-13(2,3)4;1-2-12-8(11)7-10-5-3-9-4-6-10/h5-10H2,1-4H3;9H,2-7H2,1H3. The monoisotopic (exact) mass is 444 g/mol. The molecule has 31 heavy (non-hydrogen) atoms. The summed E-state index contributed by atoms with van der Waals surface area (Å²) in [5.41, 5.74) is -0.473. The van der Waals surface area contributed by atoms with Gasteiger partial charge in [-0.05, 0) is 34.6 Å². The third-order valence-corrected chi connectivity index (χ3v) is 4.55. The number of nitrogens with one attached hydrogen (secondary N) is 1. The second kappa shape index (κ2) is 14.2. The van der Waals surface area contributed by atoms with Crippen molar-refractivity contribution in [2.45, 2.75) is 40.2 Å². The molecule has 0 unspecified atom stereocenters. The molecule has 0 radical (unpaired) electrons. The van der Waals surface area contributed by atoms with Crippen LogP contribution in [0, 0.1) is 0 Å². The van der Waals surface area contributed by atoms with Crippen LogP contribution in [0.2, 0.25) is 0 Å². The third-order valence-electron chi connectivity index (χ3n) is 4.55. The SMILES string of the molecule is CCOC(=O)CN1CCN(C(=O)OC(C)(C)C)CC1.CCOC(=O)CN1CCNCC1. The second-order valence-corrected chi connectivity index (χ2v) is 8.38. The Hall–Kier alpha value is -1.91. The molecule has 0 aromatic heterocycles. The fourth-order valence-electron chi connectivity index (χ4n) is 3.06. The van der Waals surface area contributed by atoms with Crippen molar-refractivity contribution in [3.63, 3.8) is 0 Å². The number of hydrogen-bond donors (Lipinski definition) is 1. The first kappa shape index (κ1) is 27.1. The van der Waals surface area contributed by atoms with Gasteiger partial charge in [-0.3, -0.25) is 19.4 Å². The fraction of sp³-hybridized carbons (Fsp3) is 0.857. The average molecular weight is 445 g/mol. The van der Waals surface area contributed by atoms with Crippen LogP contribution in [0.5, 0.6) is 0 Å². The Morgan fingerprint density at radius 1 is 0.774 bits per heavy atom. The van der Waals surface area contributed by atoms with Crippen molar-refractivity contribution >= 4 is 18.0 Å². The van der Waals surface area contributed by atoms with Gasteiger partial charge < -0.3 is 24.4 Å². The number of carbonyl (C=O) groups excluding carboxylic acids is 3. The molecule has 0 aromatic rings. The second-order valence-electron chi connectivity index (χ2n) is 8.38. The molecular weight excluding hydrogens is 404 g/mol. The quantitative estimate of drug-likeness (QED) is 0.465. The van der Waals surface area contributed by atoms with Crippen LogP contribution in [0.3, 0.4) is 0 Å². The van der Waals surface area contributed by atoms with E-state index in [0.29, 0.717) is 45.9 Å². The number of nitrogens with zero attached hydrogens (tertiary/aromatic N) is 3. The highest BCUT2D eigenvalue weighted by Crippen LogP contribution is 2.11. The molecule has 0 saturated carbocycles. The molecule has 0 atom stereocenters. The van der Waals surface area contributed by atoms with Crippen LogP contribution in [0.15, 0.2) is 0 Å². The van der Waals surface area contributed by atoms with Gasteiger partial charge in [-0.1, -0.05) is 0 Å². The largest absolute Gasteiger partial charge is 0.465 e. The van der Waals surface area contributed by atoms with Crippen molar-refractivity contribution in [2.75, 3.05) is 78.7 Å². The number of rotatable bonds is 6. The van der Waals surface area contributed by atoms with Gasteiger partial charge in [0.1, 0.15) is 5.60 Å². The van der Waals surface area contributed by atoms with E-state index in [1.165, 1.54) is 0 Å². The summed E-state index contributed by atoms with van der Waals surface area (Å²) in [5, 5.41) is 3.23. The summed E-state index contributed by atoms with van der Waals surface area (Å²) in [7, 11) is 0. The van der Waals surface area contributed by atoms with E-state index >= 15 is 0 Å². The van der Waals surface area contributed by atoms with Crippen LogP contribution in [0.1, 0.15) is 34.6 Å². The number of hydrogen-bond acceptors (Lipinski definition) is 9. The molecule has 2 aliphatic heterocycles. The van der Waals surface area contributed by atoms with Gasteiger partial charge in [-0.15, -0.1) is 0 Å². The van der Waals surface area contributed by atoms with E-state index in [0.717, 1.165) is 26.2 Å². The molecule has 2 fully saturated rings. The molecule has 2 heterocycles. The van der Waals surface area contributed by atoms with Crippen LogP contribution in [0.4, 0.5) is 4.79 Å². The number of ether oxygens (including phenoxy) is 3. The number of amides is 1. The summed E-state index contributed by atoms with van der Waals surface area (Å²) < 4.78 is 15.1. The van der Waals surface area contributed by atoms with Gasteiger partial charge in [0.15, 0.2) is 0 Å². The molecule has 10 nitrogen and oxygen atoms in total. The summed E-state index contributed by atoms with van der Waals surface area (Å²) in [4.78, 5) is 40.0. The van der Waals surface area contributed by atoms with E-state index < -0.39 is 5.60 Å². The Labute approximate surface area is 186 Å². The van der Waals surface area contributed by atoms with Crippen LogP contribution >= 0.6 is 0 Å². The maximum atomic E-state index is 11.8. The highest BCUT2D eigenvalue weighted by atomic mass is 16.6. The minimum Gasteiger partial charge on any atom is -0.465 e. The Bertz CT molecular complexity index is 553. The predicted octanol–water partition coefficient (Wildman–Crippen LogP) is 0.557. The molecule has 2 aliphatic rings. The number of carbonyl (C=O) groups is 3. The first-order valence-electron chi connectivity index (χ1n) is 11.1. The molecule has 0 aromatic carbocycles. The van der Waals surface area contributed by atoms with E-state index in [1.807, 2.05) is 32.6 Å². The molecule has 1 amide bonds. The lowest BCUT2D eigenvalue weighted by Crippen LogP contribution is -2.51. The number of piperazine rings is 2. The van der Waals surface area contributed by atoms with Crippen LogP contribution in [-0.4, -0.2) is 117 Å². The van der Waals surface area contributed by atoms with Gasteiger partial charge in [0.25, 0.3) is 0 Å². The zero-order valence-corrected chi connectivity index (χ0v) is 19.8. The first-order valence-corrected chi connectivity index (χ1v) is 11.1. The molecule has 0 bridgehead atoms. The van der Waals surface area contributed by atoms with Gasteiger partial charge >= 0.3 is 18.0 Å². The number of esters is 2. The lowest BCUT2D eigenvalue weighted by Gasteiger charge is -2.35. The fourth-order valence-corrected chi connectivity index (χ4v) is 3.06. The molecule has 0 aliphatic carbocycles. The molecule has 1 N–H and O–H groups in total. The lowest BCUT2D eigenvalue weighted by atomic mass is 10.2. The molecule has 0 spiro atoms. The van der Waals surface area contributed by atoms with E-state index in [1.54, 1.807) is 11.8 Å². The molecule has 2 saturated heterocycles. The summed E-state index contributed by atoms with van der Waals surface area (Å²) in [6.07, 6.45) is -0.289. The molecule has 180 valence electrons. The summed E-state index contributed by atoms with van der Waals surface area (Å²) in [6.45, 7) is 17.1. The van der Waals surface area contributed by atoms with Crippen LogP contribution in [0.25, 0.3) is 0 Å². The normalized spacial score (nSPS) is 17.9. The summed E-state index contributed by atoms with van der Waals surface area (Å²) >= 11 is 0. The third kappa shape index (κ3) is 12.5. The zero-order valence-electron chi connectivity index (χ0n) is 19.8. The van der Waals surface area contributed by atoms with Crippen molar-refractivity contribution in [1.82, 2.24) is 20.0 Å². The zero-order chi connectivity index (χ0) is 23.3. The van der Waals surface area contributed by atoms with Crippen molar-refractivity contribution < 1.29 is 28.6 Å². The summed E-state index contributed by atoms with van der Waals surface area (Å²) in [5.74, 6) is -0.326. The van der Waals surface area contributed by atoms with E-state index in [9.17, 15) is 14.4 Å². The van der Waals surface area contributed by atoms with Gasteiger partial charge in [0.2, 0.25) is 0 Å². The van der Waals surface area contributed by atoms with Gasteiger partial charge in [-0.2, -0.15) is 0 Å². The Balaban J connectivity index is 0.000000343. The smallest absolute Gasteiger partial charge is 0.410 e. The molecular formula is C21H40N4O6. The Morgan fingerprint density at radius 2 is 1.23 bits per heavy atom. The van der Waals surface area contributed by atoms with Gasteiger partial charge in [0.05, 0.1) is 26.3 Å². The van der Waals surface area contributed by atoms with E-state index in [4.69, 9.17) is 14.2 Å². The van der Waals surface area contributed by atoms with Crippen LogP contribution in [-0.2, 0) is 23.8 Å². The maximum Gasteiger partial charge on any atom is 0.410 e. The lowest BCUT2D eigenvalue weighted by molar-refractivity contribution is -0.145. The predicted molar refractivity (Wildman–Crippen MR) is 117 cm³/mol. The van der Waals surface area contributed by atoms with Crippen molar-refractivity contribution in [2.24, 2.45) is 0 Å². The average Bonchev–Trinajstić information content (AvgIpc) is 2.69. The van der Waals surface area contributed by atoms with E-state index in [2.05, 4.69) is 10.2 Å². The molecule has 10 heteroatoms. The van der Waals surface area contributed by atoms with Crippen LogP contribution < -0.4 is 5.32 Å². The molecule has 2 rings (SSSR count). The minimum absolute atomic E-state index is 0.112. The van der Waals surface area contributed by atoms with Gasteiger partial charge in [0, 0.05) is 52.4 Å². The highest BCUT2D eigenvalue weighted by Gasteiger charge is 2.26. The van der Waals surface area contributed by atoms with Crippen molar-refractivity contribution in [3.8, 4) is 0 Å². The first-order chi connectivity index (χ1) is 14.6. The van der Waals surface area contributed by atoms with E-state index in [-0.39, 0.29) is 24.6 Å². The van der Waals surface area contributed by atoms with Gasteiger partial charge in [-0.25, -0.2) is 4.79 Å². The Kier molecular flexibility index (Phi) is 12.4. The van der Waals surface area contributed by atoms with Crippen molar-refractivity contribution in [3.05, 3.63) is 0 Å². The highest BCUT2D eigenvalue weighted by molar-refractivity contribution is 5.72. The topological polar surface area (TPSA) is 101 Å². The van der Waals surface area contributed by atoms with Crippen molar-refractivity contribution in [1.29, 1.82) is 0 Å². The maximum absolute atomic E-state index is 11.8. The summed E-state index contributed by atoms with van der Waals surface area (Å²) in [6, 6.07) is 0.